The number of nitrogens with two attached hydrogens (primary N) is 1. The van der Waals surface area contributed by atoms with Crippen molar-refractivity contribution < 1.29 is 14.3 Å². The maximum absolute atomic E-state index is 12.1. The Labute approximate surface area is 128 Å². The van der Waals surface area contributed by atoms with Crippen molar-refractivity contribution >= 4 is 6.09 Å². The van der Waals surface area contributed by atoms with E-state index in [0.29, 0.717) is 5.92 Å². The Morgan fingerprint density at radius 3 is 2.33 bits per heavy atom. The number of likely N-dealkylation sites (tertiary alicyclic amines) is 1. The first kappa shape index (κ1) is 16.6. The van der Waals surface area contributed by atoms with Gasteiger partial charge in [0.25, 0.3) is 0 Å². The van der Waals surface area contributed by atoms with Gasteiger partial charge in [-0.15, -0.1) is 0 Å². The quantitative estimate of drug-likeness (QED) is 0.850. The molecular formula is C16H30N2O3. The second-order valence-electron chi connectivity index (χ2n) is 7.42. The maximum atomic E-state index is 12.1. The molecule has 21 heavy (non-hydrogen) atoms. The molecule has 5 nitrogen and oxygen atoms in total. The number of ether oxygens (including phenoxy) is 2. The van der Waals surface area contributed by atoms with Gasteiger partial charge in [-0.3, -0.25) is 0 Å². The molecule has 0 aliphatic carbocycles. The Kier molecular flexibility index (Phi) is 5.15. The van der Waals surface area contributed by atoms with Crippen molar-refractivity contribution in [3.8, 4) is 0 Å². The highest BCUT2D eigenvalue weighted by molar-refractivity contribution is 5.68. The van der Waals surface area contributed by atoms with Gasteiger partial charge < -0.3 is 20.1 Å². The Bertz CT molecular complexity index is 351. The van der Waals surface area contributed by atoms with Crippen LogP contribution in [0.3, 0.4) is 0 Å². The number of hydrogen-bond acceptors (Lipinski definition) is 4. The van der Waals surface area contributed by atoms with Gasteiger partial charge in [-0.05, 0) is 64.3 Å². The molecule has 2 N–H and O–H groups in total. The van der Waals surface area contributed by atoms with Crippen molar-refractivity contribution in [2.24, 2.45) is 17.1 Å². The maximum Gasteiger partial charge on any atom is 0.410 e. The number of hydrogen-bond donors (Lipinski definition) is 1. The summed E-state index contributed by atoms with van der Waals surface area (Å²) in [6.07, 6.45) is 3.98. The molecule has 0 aromatic heterocycles. The smallest absolute Gasteiger partial charge is 0.410 e. The summed E-state index contributed by atoms with van der Waals surface area (Å²) in [4.78, 5) is 13.9. The van der Waals surface area contributed by atoms with E-state index >= 15 is 0 Å². The second-order valence-corrected chi connectivity index (χ2v) is 7.42. The molecule has 5 heteroatoms. The molecule has 122 valence electrons. The minimum absolute atomic E-state index is 0.185. The molecule has 0 radical (unpaired) electrons. The summed E-state index contributed by atoms with van der Waals surface area (Å²) in [5.41, 5.74) is 5.88. The van der Waals surface area contributed by atoms with E-state index < -0.39 is 5.60 Å². The summed E-state index contributed by atoms with van der Waals surface area (Å²) < 4.78 is 10.9. The third-order valence-electron chi connectivity index (χ3n) is 4.91. The number of carbonyl (C=O) groups is 1. The van der Waals surface area contributed by atoms with Crippen LogP contribution in [0.15, 0.2) is 0 Å². The standard InChI is InChI=1S/C16H30N2O3/c1-15(2,3)21-14(19)18-8-4-13(5-9-18)16(12-17)6-10-20-11-7-16/h13H,4-12,17H2,1-3H3. The van der Waals surface area contributed by atoms with Gasteiger partial charge in [0.05, 0.1) is 0 Å². The van der Waals surface area contributed by atoms with Gasteiger partial charge in [-0.2, -0.15) is 0 Å². The fourth-order valence-electron chi connectivity index (χ4n) is 3.56. The third kappa shape index (κ3) is 4.10. The second kappa shape index (κ2) is 6.53. The number of piperidine rings is 1. The van der Waals surface area contributed by atoms with E-state index in [2.05, 4.69) is 0 Å². The summed E-state index contributed by atoms with van der Waals surface area (Å²) in [6, 6.07) is 0. The molecule has 0 saturated carbocycles. The number of amides is 1. The van der Waals surface area contributed by atoms with Gasteiger partial charge in [-0.25, -0.2) is 4.79 Å². The molecular weight excluding hydrogens is 268 g/mol. The van der Waals surface area contributed by atoms with E-state index in [0.717, 1.165) is 58.5 Å². The van der Waals surface area contributed by atoms with Crippen molar-refractivity contribution in [3.05, 3.63) is 0 Å². The van der Waals surface area contributed by atoms with Crippen LogP contribution in [0.5, 0.6) is 0 Å². The molecule has 2 rings (SSSR count). The SMILES string of the molecule is CC(C)(C)OC(=O)N1CCC(C2(CN)CCOCC2)CC1. The summed E-state index contributed by atoms with van der Waals surface area (Å²) in [5, 5.41) is 0. The number of rotatable bonds is 2. The molecule has 0 atom stereocenters. The van der Waals surface area contributed by atoms with E-state index in [4.69, 9.17) is 15.2 Å². The molecule has 2 heterocycles. The van der Waals surface area contributed by atoms with Crippen molar-refractivity contribution in [3.63, 3.8) is 0 Å². The molecule has 2 fully saturated rings. The van der Waals surface area contributed by atoms with Crippen molar-refractivity contribution in [1.29, 1.82) is 0 Å². The van der Waals surface area contributed by atoms with E-state index in [9.17, 15) is 4.79 Å². The van der Waals surface area contributed by atoms with E-state index in [1.807, 2.05) is 25.7 Å². The van der Waals surface area contributed by atoms with E-state index in [1.165, 1.54) is 0 Å². The first-order valence-corrected chi connectivity index (χ1v) is 8.12. The molecule has 0 spiro atoms. The number of carbonyl (C=O) groups excluding carboxylic acids is 1. The summed E-state index contributed by atoms with van der Waals surface area (Å²) in [5.74, 6) is 0.602. The molecule has 2 saturated heterocycles. The Balaban J connectivity index is 1.89. The minimum atomic E-state index is -0.423. The van der Waals surface area contributed by atoms with Crippen LogP contribution in [-0.4, -0.2) is 49.4 Å². The first-order valence-electron chi connectivity index (χ1n) is 8.12. The zero-order valence-corrected chi connectivity index (χ0v) is 13.7. The Hall–Kier alpha value is -0.810. The zero-order valence-electron chi connectivity index (χ0n) is 13.7. The highest BCUT2D eigenvalue weighted by atomic mass is 16.6. The Morgan fingerprint density at radius 2 is 1.86 bits per heavy atom. The van der Waals surface area contributed by atoms with Gasteiger partial charge in [-0.1, -0.05) is 0 Å². The van der Waals surface area contributed by atoms with Crippen LogP contribution in [0.1, 0.15) is 46.5 Å². The minimum Gasteiger partial charge on any atom is -0.444 e. The fourth-order valence-corrected chi connectivity index (χ4v) is 3.56. The lowest BCUT2D eigenvalue weighted by molar-refractivity contribution is -0.0351. The van der Waals surface area contributed by atoms with Crippen molar-refractivity contribution in [2.45, 2.75) is 52.1 Å². The average Bonchev–Trinajstić information content (AvgIpc) is 2.46. The number of nitrogens with zero attached hydrogens (tertiary/aromatic N) is 1. The van der Waals surface area contributed by atoms with Gasteiger partial charge in [0.1, 0.15) is 5.60 Å². The van der Waals surface area contributed by atoms with Crippen LogP contribution in [0, 0.1) is 11.3 Å². The largest absolute Gasteiger partial charge is 0.444 e. The summed E-state index contributed by atoms with van der Waals surface area (Å²) in [7, 11) is 0. The van der Waals surface area contributed by atoms with Crippen LogP contribution in [-0.2, 0) is 9.47 Å². The average molecular weight is 298 g/mol. The molecule has 1 amide bonds. The molecule has 2 aliphatic heterocycles. The predicted molar refractivity (Wildman–Crippen MR) is 82.1 cm³/mol. The monoisotopic (exact) mass is 298 g/mol. The Morgan fingerprint density at radius 1 is 1.29 bits per heavy atom. The van der Waals surface area contributed by atoms with Crippen LogP contribution < -0.4 is 5.73 Å². The third-order valence-corrected chi connectivity index (χ3v) is 4.91. The molecule has 0 aromatic carbocycles. The van der Waals surface area contributed by atoms with Gasteiger partial charge in [0, 0.05) is 26.3 Å². The zero-order chi connectivity index (χ0) is 15.5. The van der Waals surface area contributed by atoms with Crippen LogP contribution in [0.2, 0.25) is 0 Å². The topological polar surface area (TPSA) is 64.8 Å². The lowest BCUT2D eigenvalue weighted by Gasteiger charge is -2.46. The van der Waals surface area contributed by atoms with Gasteiger partial charge in [0.15, 0.2) is 0 Å². The van der Waals surface area contributed by atoms with Gasteiger partial charge in [0.2, 0.25) is 0 Å². The van der Waals surface area contributed by atoms with Crippen LogP contribution in [0.25, 0.3) is 0 Å². The lowest BCUT2D eigenvalue weighted by Crippen LogP contribution is -2.49. The first-order chi connectivity index (χ1) is 9.86. The van der Waals surface area contributed by atoms with Crippen molar-refractivity contribution in [2.75, 3.05) is 32.8 Å². The molecule has 0 aromatic rings. The van der Waals surface area contributed by atoms with Gasteiger partial charge >= 0.3 is 6.09 Å². The fraction of sp³-hybridized carbons (Fsp3) is 0.938. The summed E-state index contributed by atoms with van der Waals surface area (Å²) in [6.45, 7) is 9.65. The molecule has 0 bridgehead atoms. The van der Waals surface area contributed by atoms with E-state index in [1.54, 1.807) is 0 Å². The summed E-state index contributed by atoms with van der Waals surface area (Å²) >= 11 is 0. The van der Waals surface area contributed by atoms with Crippen molar-refractivity contribution in [1.82, 2.24) is 4.90 Å². The predicted octanol–water partition coefficient (Wildman–Crippen LogP) is 2.39. The van der Waals surface area contributed by atoms with Crippen LogP contribution >= 0.6 is 0 Å². The molecule has 2 aliphatic rings. The molecule has 0 unspecified atom stereocenters. The van der Waals surface area contributed by atoms with Crippen LogP contribution in [0.4, 0.5) is 4.79 Å². The highest BCUT2D eigenvalue weighted by Crippen LogP contribution is 2.42. The lowest BCUT2D eigenvalue weighted by atomic mass is 9.66. The van der Waals surface area contributed by atoms with E-state index in [-0.39, 0.29) is 11.5 Å². The normalized spacial score (nSPS) is 23.9. The highest BCUT2D eigenvalue weighted by Gasteiger charge is 2.41.